The van der Waals surface area contributed by atoms with E-state index in [4.69, 9.17) is 0 Å². The first-order chi connectivity index (χ1) is 15.3. The largest absolute Gasteiger partial charge is 0.325 e. The lowest BCUT2D eigenvalue weighted by molar-refractivity contribution is -0.117. The fourth-order valence-electron chi connectivity index (χ4n) is 3.67. The summed E-state index contributed by atoms with van der Waals surface area (Å²) in [6.45, 7) is 5.37. The van der Waals surface area contributed by atoms with Gasteiger partial charge in [0.15, 0.2) is 0 Å². The van der Waals surface area contributed by atoms with Crippen LogP contribution in [0.5, 0.6) is 0 Å². The molecule has 0 saturated carbocycles. The molecule has 8 nitrogen and oxygen atoms in total. The van der Waals surface area contributed by atoms with Gasteiger partial charge < -0.3 is 25.3 Å². The van der Waals surface area contributed by atoms with Crippen LogP contribution < -0.4 is 10.6 Å². The third kappa shape index (κ3) is 10.4. The summed E-state index contributed by atoms with van der Waals surface area (Å²) in [6.07, 6.45) is 6.16. The third-order valence-electron chi connectivity index (χ3n) is 5.66. The van der Waals surface area contributed by atoms with E-state index in [-0.39, 0.29) is 11.9 Å². The summed E-state index contributed by atoms with van der Waals surface area (Å²) < 4.78 is 0. The molecular formula is C24H42N6O2. The van der Waals surface area contributed by atoms with Crippen molar-refractivity contribution in [2.45, 2.75) is 32.1 Å². The van der Waals surface area contributed by atoms with E-state index in [1.807, 2.05) is 57.4 Å². The molecule has 0 unspecified atom stereocenters. The second kappa shape index (κ2) is 14.1. The number of benzene rings is 1. The summed E-state index contributed by atoms with van der Waals surface area (Å²) in [5.74, 6) is 0.0147. The molecule has 0 aromatic heterocycles. The first-order valence-electron chi connectivity index (χ1n) is 11.8. The standard InChI is InChI=1S/C24H42N6O2/c1-27(2)16-18-30(19-17-28(3)4)24(32)26-22-12-10-21(11-13-22)25-23(31)20-29-14-8-6-5-7-9-15-29/h10-13H,5-9,14-20H2,1-4H3,(H,25,31)(H,26,32). The summed E-state index contributed by atoms with van der Waals surface area (Å²) >= 11 is 0. The van der Waals surface area contributed by atoms with Crippen molar-refractivity contribution in [3.05, 3.63) is 24.3 Å². The molecule has 1 heterocycles. The molecule has 1 saturated heterocycles. The Kier molecular flexibility index (Phi) is 11.5. The molecule has 0 bridgehead atoms. The molecule has 0 radical (unpaired) electrons. The number of carbonyl (C=O) groups excluding carboxylic acids is 2. The van der Waals surface area contributed by atoms with Gasteiger partial charge in [-0.25, -0.2) is 4.79 Å². The predicted octanol–water partition coefficient (Wildman–Crippen LogP) is 2.85. The van der Waals surface area contributed by atoms with Crippen LogP contribution >= 0.6 is 0 Å². The zero-order chi connectivity index (χ0) is 23.3. The molecule has 2 rings (SSSR count). The predicted molar refractivity (Wildman–Crippen MR) is 132 cm³/mol. The fraction of sp³-hybridized carbons (Fsp3) is 0.667. The molecule has 1 aliphatic rings. The van der Waals surface area contributed by atoms with Crippen molar-refractivity contribution in [3.8, 4) is 0 Å². The smallest absolute Gasteiger partial charge is 0.321 e. The van der Waals surface area contributed by atoms with E-state index in [9.17, 15) is 9.59 Å². The van der Waals surface area contributed by atoms with Crippen molar-refractivity contribution in [2.24, 2.45) is 0 Å². The highest BCUT2D eigenvalue weighted by Crippen LogP contribution is 2.15. The van der Waals surface area contributed by atoms with Gasteiger partial charge in [0.2, 0.25) is 5.91 Å². The van der Waals surface area contributed by atoms with Crippen LogP contribution in [0.2, 0.25) is 0 Å². The zero-order valence-electron chi connectivity index (χ0n) is 20.4. The number of nitrogens with one attached hydrogen (secondary N) is 2. The van der Waals surface area contributed by atoms with Crippen LogP contribution in [0, 0.1) is 0 Å². The van der Waals surface area contributed by atoms with Gasteiger partial charge in [0, 0.05) is 37.6 Å². The summed E-state index contributed by atoms with van der Waals surface area (Å²) in [7, 11) is 8.01. The number of hydrogen-bond acceptors (Lipinski definition) is 5. The number of hydrogen-bond donors (Lipinski definition) is 2. The van der Waals surface area contributed by atoms with Crippen LogP contribution in [0.4, 0.5) is 16.2 Å². The minimum Gasteiger partial charge on any atom is -0.325 e. The molecule has 0 atom stereocenters. The molecule has 0 spiro atoms. The highest BCUT2D eigenvalue weighted by atomic mass is 16.2. The highest BCUT2D eigenvalue weighted by Gasteiger charge is 2.15. The van der Waals surface area contributed by atoms with Crippen molar-refractivity contribution in [1.82, 2.24) is 19.6 Å². The van der Waals surface area contributed by atoms with Crippen molar-refractivity contribution >= 4 is 23.3 Å². The Bertz CT molecular complexity index is 672. The van der Waals surface area contributed by atoms with Crippen molar-refractivity contribution < 1.29 is 9.59 Å². The zero-order valence-corrected chi connectivity index (χ0v) is 20.4. The minimum atomic E-state index is -0.109. The number of nitrogens with zero attached hydrogens (tertiary/aromatic N) is 4. The number of likely N-dealkylation sites (tertiary alicyclic amines) is 1. The number of rotatable bonds is 10. The Morgan fingerprint density at radius 1 is 0.750 bits per heavy atom. The van der Waals surface area contributed by atoms with Crippen molar-refractivity contribution in [2.75, 3.05) is 84.6 Å². The van der Waals surface area contributed by atoms with Crippen LogP contribution in [-0.2, 0) is 4.79 Å². The van der Waals surface area contributed by atoms with Crippen molar-refractivity contribution in [1.29, 1.82) is 0 Å². The van der Waals surface area contributed by atoms with E-state index >= 15 is 0 Å². The molecule has 3 amide bonds. The second-order valence-corrected chi connectivity index (χ2v) is 9.19. The lowest BCUT2D eigenvalue weighted by atomic mass is 10.1. The maximum absolute atomic E-state index is 12.8. The molecule has 0 aliphatic carbocycles. The Labute approximate surface area is 193 Å². The first-order valence-corrected chi connectivity index (χ1v) is 11.8. The first kappa shape index (κ1) is 26.1. The monoisotopic (exact) mass is 446 g/mol. The second-order valence-electron chi connectivity index (χ2n) is 9.19. The molecule has 1 aromatic rings. The molecular weight excluding hydrogens is 404 g/mol. The number of amides is 3. The SMILES string of the molecule is CN(C)CCN(CCN(C)C)C(=O)Nc1ccc(NC(=O)CN2CCCCCCC2)cc1. The summed E-state index contributed by atoms with van der Waals surface area (Å²) in [5, 5.41) is 5.96. The Hall–Kier alpha value is -2.16. The maximum atomic E-state index is 12.8. The summed E-state index contributed by atoms with van der Waals surface area (Å²) in [6, 6.07) is 7.23. The quantitative estimate of drug-likeness (QED) is 0.578. The van der Waals surface area contributed by atoms with Crippen LogP contribution in [0.25, 0.3) is 0 Å². The normalized spacial score (nSPS) is 15.3. The third-order valence-corrected chi connectivity index (χ3v) is 5.66. The van der Waals surface area contributed by atoms with Gasteiger partial charge in [-0.05, 0) is 78.4 Å². The lowest BCUT2D eigenvalue weighted by Gasteiger charge is -2.26. The van der Waals surface area contributed by atoms with E-state index < -0.39 is 0 Å². The molecule has 180 valence electrons. The van der Waals surface area contributed by atoms with Gasteiger partial charge in [-0.3, -0.25) is 9.69 Å². The fourth-order valence-corrected chi connectivity index (χ4v) is 3.67. The average Bonchev–Trinajstić information content (AvgIpc) is 2.71. The average molecular weight is 447 g/mol. The number of likely N-dealkylation sites (N-methyl/N-ethyl adjacent to an activating group) is 2. The Morgan fingerprint density at radius 3 is 1.72 bits per heavy atom. The van der Waals surface area contributed by atoms with Gasteiger partial charge in [0.05, 0.1) is 6.54 Å². The summed E-state index contributed by atoms with van der Waals surface area (Å²) in [5.41, 5.74) is 1.47. The number of anilines is 2. The molecule has 1 aliphatic heterocycles. The topological polar surface area (TPSA) is 71.2 Å². The van der Waals surface area contributed by atoms with Gasteiger partial charge in [-0.2, -0.15) is 0 Å². The molecule has 8 heteroatoms. The molecule has 2 N–H and O–H groups in total. The van der Waals surface area contributed by atoms with E-state index in [1.54, 1.807) is 0 Å². The van der Waals surface area contributed by atoms with Gasteiger partial charge in [0.1, 0.15) is 0 Å². The Balaban J connectivity index is 1.85. The van der Waals surface area contributed by atoms with Gasteiger partial charge in [0.25, 0.3) is 0 Å². The van der Waals surface area contributed by atoms with Gasteiger partial charge in [-0.15, -0.1) is 0 Å². The minimum absolute atomic E-state index is 0.0147. The molecule has 1 aromatic carbocycles. The van der Waals surface area contributed by atoms with Crippen molar-refractivity contribution in [3.63, 3.8) is 0 Å². The van der Waals surface area contributed by atoms with E-state index in [1.165, 1.54) is 32.1 Å². The highest BCUT2D eigenvalue weighted by molar-refractivity contribution is 5.93. The van der Waals surface area contributed by atoms with Gasteiger partial charge >= 0.3 is 6.03 Å². The molecule has 1 fully saturated rings. The summed E-state index contributed by atoms with van der Waals surface area (Å²) in [4.78, 5) is 33.4. The van der Waals surface area contributed by atoms with Crippen LogP contribution in [0.1, 0.15) is 32.1 Å². The molecule has 32 heavy (non-hydrogen) atoms. The maximum Gasteiger partial charge on any atom is 0.321 e. The Morgan fingerprint density at radius 2 is 1.22 bits per heavy atom. The number of carbonyl (C=O) groups is 2. The lowest BCUT2D eigenvalue weighted by Crippen LogP contribution is -2.42. The van der Waals surface area contributed by atoms with Crippen LogP contribution in [0.15, 0.2) is 24.3 Å². The van der Waals surface area contributed by atoms with E-state index in [0.717, 1.165) is 37.6 Å². The number of urea groups is 1. The van der Waals surface area contributed by atoms with E-state index in [0.29, 0.717) is 19.6 Å². The van der Waals surface area contributed by atoms with Crippen LogP contribution in [-0.4, -0.2) is 106 Å². The van der Waals surface area contributed by atoms with E-state index in [2.05, 4.69) is 25.3 Å². The van der Waals surface area contributed by atoms with Gasteiger partial charge in [-0.1, -0.05) is 19.3 Å². The van der Waals surface area contributed by atoms with Crippen LogP contribution in [0.3, 0.4) is 0 Å².